The molecule has 2 aromatic carbocycles. The summed E-state index contributed by atoms with van der Waals surface area (Å²) in [6.07, 6.45) is 0. The van der Waals surface area contributed by atoms with Crippen LogP contribution in [0, 0.1) is 0 Å². The van der Waals surface area contributed by atoms with Crippen LogP contribution in [0.5, 0.6) is 0 Å². The number of allylic oxidation sites excluding steroid dienone is 4. The van der Waals surface area contributed by atoms with E-state index in [0.29, 0.717) is 0 Å². The van der Waals surface area contributed by atoms with Crippen molar-refractivity contribution < 1.29 is 0 Å². The first-order valence-electron chi connectivity index (χ1n) is 8.99. The number of rotatable bonds is 3. The molecule has 1 aliphatic heterocycles. The fraction of sp³-hybridized carbons (Fsp3) is 0.250. The van der Waals surface area contributed by atoms with Crippen molar-refractivity contribution >= 4 is 18.5 Å². The van der Waals surface area contributed by atoms with Gasteiger partial charge >= 0.3 is 0 Å². The summed E-state index contributed by atoms with van der Waals surface area (Å²) in [7, 11) is -0.327. The topological polar surface area (TPSA) is 0 Å². The third-order valence-corrected chi connectivity index (χ3v) is 9.51. The van der Waals surface area contributed by atoms with Crippen molar-refractivity contribution in [3.63, 3.8) is 0 Å². The number of hydrogen-bond donors (Lipinski definition) is 0. The molecule has 0 spiro atoms. The Kier molecular flexibility index (Phi) is 3.85. The van der Waals surface area contributed by atoms with E-state index in [4.69, 9.17) is 0 Å². The van der Waals surface area contributed by atoms with E-state index < -0.39 is 0 Å². The predicted octanol–water partition coefficient (Wildman–Crippen LogP) is 7.45. The first-order chi connectivity index (χ1) is 12.0. The van der Waals surface area contributed by atoms with Crippen molar-refractivity contribution in [2.24, 2.45) is 0 Å². The van der Waals surface area contributed by atoms with Crippen molar-refractivity contribution in [3.8, 4) is 0 Å². The Bertz CT molecular complexity index is 853. The molecule has 0 atom stereocenters. The molecule has 0 aromatic heterocycles. The van der Waals surface area contributed by atoms with Gasteiger partial charge in [0, 0.05) is 5.16 Å². The molecule has 126 valence electrons. The van der Waals surface area contributed by atoms with Gasteiger partial charge in [-0.15, -0.1) is 0 Å². The zero-order valence-corrected chi connectivity index (χ0v) is 16.6. The Morgan fingerprint density at radius 2 is 0.960 bits per heavy atom. The van der Waals surface area contributed by atoms with Crippen LogP contribution < -0.4 is 0 Å². The highest BCUT2D eigenvalue weighted by Gasteiger charge is 2.54. The van der Waals surface area contributed by atoms with Crippen molar-refractivity contribution in [1.82, 2.24) is 0 Å². The Morgan fingerprint density at radius 1 is 0.600 bits per heavy atom. The lowest BCUT2D eigenvalue weighted by atomic mass is 9.98. The van der Waals surface area contributed by atoms with Gasteiger partial charge in [-0.2, -0.15) is 0 Å². The Hall–Kier alpha value is -1.91. The SMILES string of the molecule is CC1=C(C)C(C)(P2C(c3ccccc3)=C2c2ccccc2)C(C)=C1C. The van der Waals surface area contributed by atoms with Crippen LogP contribution in [0.25, 0.3) is 10.6 Å². The lowest BCUT2D eigenvalue weighted by Crippen LogP contribution is -2.20. The average Bonchev–Trinajstić information content (AvgIpc) is 3.39. The second-order valence-corrected chi connectivity index (χ2v) is 9.80. The molecule has 0 radical (unpaired) electrons. The average molecular weight is 344 g/mol. The smallest absolute Gasteiger partial charge is 0.0381 e. The first kappa shape index (κ1) is 16.6. The molecular formula is C24H25P. The highest BCUT2D eigenvalue weighted by Crippen LogP contribution is 2.87. The summed E-state index contributed by atoms with van der Waals surface area (Å²) in [6.45, 7) is 11.8. The fourth-order valence-electron chi connectivity index (χ4n) is 4.25. The van der Waals surface area contributed by atoms with E-state index in [1.807, 2.05) is 0 Å². The van der Waals surface area contributed by atoms with E-state index in [1.165, 1.54) is 22.3 Å². The summed E-state index contributed by atoms with van der Waals surface area (Å²) in [6, 6.07) is 22.0. The molecule has 0 unspecified atom stereocenters. The van der Waals surface area contributed by atoms with Gasteiger partial charge in [-0.1, -0.05) is 71.8 Å². The molecule has 0 N–H and O–H groups in total. The van der Waals surface area contributed by atoms with Crippen LogP contribution in [0.3, 0.4) is 0 Å². The van der Waals surface area contributed by atoms with E-state index in [9.17, 15) is 0 Å². The minimum absolute atomic E-state index is 0.167. The minimum atomic E-state index is -0.327. The van der Waals surface area contributed by atoms with E-state index in [-0.39, 0.29) is 13.1 Å². The summed E-state index contributed by atoms with van der Waals surface area (Å²) < 4.78 is 0. The van der Waals surface area contributed by atoms with Gasteiger partial charge in [0.25, 0.3) is 0 Å². The second kappa shape index (κ2) is 5.82. The van der Waals surface area contributed by atoms with Gasteiger partial charge in [0.15, 0.2) is 0 Å². The molecule has 0 bridgehead atoms. The standard InChI is InChI=1S/C24H25P/c1-16-17(2)19(4)24(5,18(16)3)25-22(20-12-8-6-9-13-20)23(25)21-14-10-7-11-15-21/h6-15H,1-5H3. The molecule has 1 heteroatoms. The monoisotopic (exact) mass is 344 g/mol. The maximum absolute atomic E-state index is 2.47. The normalized spacial score (nSPS) is 19.9. The molecule has 2 aromatic rings. The molecule has 0 amide bonds. The van der Waals surface area contributed by atoms with Gasteiger partial charge in [0.2, 0.25) is 0 Å². The molecular weight excluding hydrogens is 319 g/mol. The van der Waals surface area contributed by atoms with E-state index in [0.717, 1.165) is 0 Å². The molecule has 2 aliphatic rings. The van der Waals surface area contributed by atoms with Crippen molar-refractivity contribution in [3.05, 3.63) is 94.1 Å². The second-order valence-electron chi connectivity index (χ2n) is 7.34. The molecule has 0 saturated carbocycles. The molecule has 1 heterocycles. The van der Waals surface area contributed by atoms with Crippen molar-refractivity contribution in [2.75, 3.05) is 0 Å². The van der Waals surface area contributed by atoms with Crippen LogP contribution in [-0.2, 0) is 0 Å². The Balaban J connectivity index is 1.87. The highest BCUT2D eigenvalue weighted by atomic mass is 31.1. The summed E-state index contributed by atoms with van der Waals surface area (Å²) in [4.78, 5) is 0. The fourth-order valence-corrected chi connectivity index (χ4v) is 7.70. The van der Waals surface area contributed by atoms with Gasteiger partial charge in [-0.25, -0.2) is 0 Å². The molecule has 1 aliphatic carbocycles. The van der Waals surface area contributed by atoms with Crippen LogP contribution in [0.1, 0.15) is 45.7 Å². The van der Waals surface area contributed by atoms with Gasteiger partial charge < -0.3 is 0 Å². The first-order valence-corrected chi connectivity index (χ1v) is 10.3. The van der Waals surface area contributed by atoms with E-state index in [2.05, 4.69) is 95.3 Å². The molecule has 25 heavy (non-hydrogen) atoms. The van der Waals surface area contributed by atoms with Crippen LogP contribution in [-0.4, -0.2) is 5.16 Å². The van der Waals surface area contributed by atoms with Crippen LogP contribution in [0.2, 0.25) is 0 Å². The number of benzene rings is 2. The van der Waals surface area contributed by atoms with E-state index >= 15 is 0 Å². The third kappa shape index (κ3) is 2.31. The summed E-state index contributed by atoms with van der Waals surface area (Å²) in [5.41, 5.74) is 8.91. The van der Waals surface area contributed by atoms with Crippen LogP contribution in [0.15, 0.2) is 83.0 Å². The van der Waals surface area contributed by atoms with Crippen molar-refractivity contribution in [1.29, 1.82) is 0 Å². The molecule has 0 nitrogen and oxygen atoms in total. The van der Waals surface area contributed by atoms with Gasteiger partial charge in [-0.05, 0) is 75.4 Å². The zero-order chi connectivity index (χ0) is 17.8. The predicted molar refractivity (Wildman–Crippen MR) is 112 cm³/mol. The Labute approximate surface area is 152 Å². The Morgan fingerprint density at radius 3 is 1.32 bits per heavy atom. The third-order valence-electron chi connectivity index (χ3n) is 6.31. The molecule has 0 saturated heterocycles. The lowest BCUT2D eigenvalue weighted by molar-refractivity contribution is 0.869. The van der Waals surface area contributed by atoms with Crippen LogP contribution in [0.4, 0.5) is 0 Å². The summed E-state index contributed by atoms with van der Waals surface area (Å²) in [5.74, 6) is 0. The maximum Gasteiger partial charge on any atom is 0.0381 e. The molecule has 0 fully saturated rings. The van der Waals surface area contributed by atoms with Gasteiger partial charge in [-0.3, -0.25) is 0 Å². The van der Waals surface area contributed by atoms with E-state index in [1.54, 1.807) is 21.8 Å². The quantitative estimate of drug-likeness (QED) is 0.507. The highest BCUT2D eigenvalue weighted by molar-refractivity contribution is 7.90. The molecule has 4 rings (SSSR count). The largest absolute Gasteiger partial charge is 0.0622 e. The minimum Gasteiger partial charge on any atom is -0.0622 e. The van der Waals surface area contributed by atoms with Gasteiger partial charge in [0.05, 0.1) is 0 Å². The van der Waals surface area contributed by atoms with Crippen LogP contribution >= 0.6 is 7.92 Å². The summed E-state index contributed by atoms with van der Waals surface area (Å²) >= 11 is 0. The lowest BCUT2D eigenvalue weighted by Gasteiger charge is -2.31. The summed E-state index contributed by atoms with van der Waals surface area (Å²) in [5, 5.41) is 3.34. The van der Waals surface area contributed by atoms with Gasteiger partial charge in [0.1, 0.15) is 0 Å². The maximum atomic E-state index is 2.47. The van der Waals surface area contributed by atoms with Crippen molar-refractivity contribution in [2.45, 2.75) is 39.8 Å². The number of hydrogen-bond acceptors (Lipinski definition) is 0. The zero-order valence-electron chi connectivity index (χ0n) is 15.7.